The van der Waals surface area contributed by atoms with Crippen molar-refractivity contribution < 1.29 is 0 Å². The van der Waals surface area contributed by atoms with Gasteiger partial charge in [0, 0.05) is 20.7 Å². The topological polar surface area (TPSA) is 12.0 Å². The predicted molar refractivity (Wildman–Crippen MR) is 75.0 cm³/mol. The van der Waals surface area contributed by atoms with Gasteiger partial charge >= 0.3 is 0 Å². The van der Waals surface area contributed by atoms with E-state index in [-0.39, 0.29) is 0 Å². The minimum Gasteiger partial charge on any atom is -0.310 e. The minimum absolute atomic E-state index is 0.494. The molecule has 1 aromatic rings. The summed E-state index contributed by atoms with van der Waals surface area (Å²) in [5, 5.41) is 4.29. The van der Waals surface area contributed by atoms with Crippen LogP contribution in [0.25, 0.3) is 0 Å². The number of thioether (sulfide) groups is 1. The molecule has 0 spiro atoms. The fourth-order valence-corrected chi connectivity index (χ4v) is 3.87. The monoisotopic (exact) mass is 299 g/mol. The second-order valence-corrected chi connectivity index (χ2v) is 6.73. The molecule has 3 atom stereocenters. The third-order valence-electron chi connectivity index (χ3n) is 3.31. The number of nitrogens with one attached hydrogen (secondary N) is 1. The molecule has 1 aromatic carbocycles. The van der Waals surface area contributed by atoms with Gasteiger partial charge < -0.3 is 5.32 Å². The smallest absolute Gasteiger partial charge is 0.0368 e. The zero-order valence-corrected chi connectivity index (χ0v) is 12.4. The summed E-state index contributed by atoms with van der Waals surface area (Å²) in [7, 11) is 0. The molecule has 1 heterocycles. The molecule has 88 valence electrons. The van der Waals surface area contributed by atoms with E-state index in [0.29, 0.717) is 17.2 Å². The van der Waals surface area contributed by atoms with Crippen LogP contribution >= 0.6 is 27.7 Å². The third kappa shape index (κ3) is 2.31. The first-order valence-electron chi connectivity index (χ1n) is 5.83. The number of hydrogen-bond acceptors (Lipinski definition) is 2. The van der Waals surface area contributed by atoms with E-state index >= 15 is 0 Å². The van der Waals surface area contributed by atoms with Crippen LogP contribution in [-0.2, 0) is 0 Å². The third-order valence-corrected chi connectivity index (χ3v) is 5.23. The maximum absolute atomic E-state index is 3.61. The highest BCUT2D eigenvalue weighted by atomic mass is 79.9. The molecule has 3 unspecified atom stereocenters. The van der Waals surface area contributed by atoms with Gasteiger partial charge in [-0.05, 0) is 36.2 Å². The molecule has 1 N–H and O–H groups in total. The SMILES string of the molecule is CCNC1c2cc(Br)ccc2SC(C)C1C. The molecule has 1 aliphatic heterocycles. The number of rotatable bonds is 2. The van der Waals surface area contributed by atoms with Crippen LogP contribution in [0.4, 0.5) is 0 Å². The summed E-state index contributed by atoms with van der Waals surface area (Å²) in [6.45, 7) is 7.87. The van der Waals surface area contributed by atoms with Crippen molar-refractivity contribution in [1.29, 1.82) is 0 Å². The first-order chi connectivity index (χ1) is 7.63. The van der Waals surface area contributed by atoms with Gasteiger partial charge in [-0.1, -0.05) is 36.7 Å². The predicted octanol–water partition coefficient (Wildman–Crippen LogP) is 4.23. The minimum atomic E-state index is 0.494. The molecular weight excluding hydrogens is 282 g/mol. The van der Waals surface area contributed by atoms with Crippen LogP contribution in [0.3, 0.4) is 0 Å². The Hall–Kier alpha value is 0.01000. The number of hydrogen-bond donors (Lipinski definition) is 1. The van der Waals surface area contributed by atoms with Crippen molar-refractivity contribution in [2.75, 3.05) is 6.54 Å². The van der Waals surface area contributed by atoms with Crippen LogP contribution in [0, 0.1) is 5.92 Å². The van der Waals surface area contributed by atoms with Gasteiger partial charge in [0.2, 0.25) is 0 Å². The van der Waals surface area contributed by atoms with Crippen molar-refractivity contribution >= 4 is 27.7 Å². The van der Waals surface area contributed by atoms with E-state index in [1.165, 1.54) is 14.9 Å². The van der Waals surface area contributed by atoms with Gasteiger partial charge in [-0.15, -0.1) is 11.8 Å². The summed E-state index contributed by atoms with van der Waals surface area (Å²) >= 11 is 5.56. The van der Waals surface area contributed by atoms with Crippen LogP contribution in [0.2, 0.25) is 0 Å². The zero-order chi connectivity index (χ0) is 11.7. The van der Waals surface area contributed by atoms with Crippen molar-refractivity contribution in [2.45, 2.75) is 37.0 Å². The van der Waals surface area contributed by atoms with Gasteiger partial charge in [-0.2, -0.15) is 0 Å². The van der Waals surface area contributed by atoms with Gasteiger partial charge in [-0.25, -0.2) is 0 Å². The number of fused-ring (bicyclic) bond motifs is 1. The highest BCUT2D eigenvalue weighted by Crippen LogP contribution is 2.44. The average Bonchev–Trinajstić information content (AvgIpc) is 2.26. The van der Waals surface area contributed by atoms with Crippen molar-refractivity contribution in [3.05, 3.63) is 28.2 Å². The molecule has 0 radical (unpaired) electrons. The summed E-state index contributed by atoms with van der Waals surface area (Å²) in [4.78, 5) is 1.43. The standard InChI is InChI=1S/C13H18BrNS/c1-4-15-13-8(2)9(3)16-12-6-5-10(14)7-11(12)13/h5-9,13,15H,4H2,1-3H3. The van der Waals surface area contributed by atoms with Crippen molar-refractivity contribution in [3.8, 4) is 0 Å². The summed E-state index contributed by atoms with van der Waals surface area (Å²) in [5.74, 6) is 0.673. The summed E-state index contributed by atoms with van der Waals surface area (Å²) < 4.78 is 1.18. The Kier molecular flexibility index (Phi) is 3.98. The Balaban J connectivity index is 2.40. The van der Waals surface area contributed by atoms with Crippen molar-refractivity contribution in [1.82, 2.24) is 5.32 Å². The fourth-order valence-electron chi connectivity index (χ4n) is 2.25. The van der Waals surface area contributed by atoms with E-state index in [0.717, 1.165) is 6.54 Å². The Morgan fingerprint density at radius 1 is 1.38 bits per heavy atom. The van der Waals surface area contributed by atoms with Crippen LogP contribution in [-0.4, -0.2) is 11.8 Å². The largest absolute Gasteiger partial charge is 0.310 e. The lowest BCUT2D eigenvalue weighted by molar-refractivity contribution is 0.379. The lowest BCUT2D eigenvalue weighted by atomic mass is 9.91. The molecule has 0 amide bonds. The quantitative estimate of drug-likeness (QED) is 0.877. The molecule has 0 saturated carbocycles. The highest BCUT2D eigenvalue weighted by Gasteiger charge is 2.31. The molecule has 0 bridgehead atoms. The number of benzene rings is 1. The second-order valence-electron chi connectivity index (χ2n) is 4.40. The van der Waals surface area contributed by atoms with Crippen LogP contribution in [0.1, 0.15) is 32.4 Å². The molecule has 16 heavy (non-hydrogen) atoms. The molecule has 0 aromatic heterocycles. The zero-order valence-electron chi connectivity index (χ0n) is 9.96. The van der Waals surface area contributed by atoms with Crippen molar-refractivity contribution in [2.24, 2.45) is 5.92 Å². The number of halogens is 1. The summed E-state index contributed by atoms with van der Waals surface area (Å²) in [6.07, 6.45) is 0. The van der Waals surface area contributed by atoms with Crippen LogP contribution < -0.4 is 5.32 Å². The Morgan fingerprint density at radius 2 is 2.12 bits per heavy atom. The molecule has 0 fully saturated rings. The normalized spacial score (nSPS) is 28.9. The van der Waals surface area contributed by atoms with Gasteiger partial charge in [0.15, 0.2) is 0 Å². The molecule has 0 aliphatic carbocycles. The summed E-state index contributed by atoms with van der Waals surface area (Å²) in [5.41, 5.74) is 1.45. The molecule has 2 rings (SSSR count). The van der Waals surface area contributed by atoms with Gasteiger partial charge in [0.05, 0.1) is 0 Å². The van der Waals surface area contributed by atoms with E-state index in [4.69, 9.17) is 0 Å². The first-order valence-corrected chi connectivity index (χ1v) is 7.50. The lowest BCUT2D eigenvalue weighted by Gasteiger charge is -2.36. The molecule has 3 heteroatoms. The first kappa shape index (κ1) is 12.5. The second kappa shape index (κ2) is 5.11. The van der Waals surface area contributed by atoms with Crippen LogP contribution in [0.15, 0.2) is 27.6 Å². The van der Waals surface area contributed by atoms with Gasteiger partial charge in [-0.3, -0.25) is 0 Å². The van der Waals surface area contributed by atoms with E-state index in [9.17, 15) is 0 Å². The Morgan fingerprint density at radius 3 is 2.81 bits per heavy atom. The van der Waals surface area contributed by atoms with Crippen molar-refractivity contribution in [3.63, 3.8) is 0 Å². The average molecular weight is 300 g/mol. The molecule has 1 nitrogen and oxygen atoms in total. The summed E-state index contributed by atoms with van der Waals surface area (Å²) in [6, 6.07) is 7.13. The Labute approximate surface area is 111 Å². The van der Waals surface area contributed by atoms with E-state index in [1.807, 2.05) is 11.8 Å². The fraction of sp³-hybridized carbons (Fsp3) is 0.538. The van der Waals surface area contributed by atoms with Gasteiger partial charge in [0.1, 0.15) is 0 Å². The molecule has 0 saturated heterocycles. The van der Waals surface area contributed by atoms with E-state index in [2.05, 4.69) is 60.2 Å². The van der Waals surface area contributed by atoms with E-state index < -0.39 is 0 Å². The molecule has 1 aliphatic rings. The van der Waals surface area contributed by atoms with Gasteiger partial charge in [0.25, 0.3) is 0 Å². The van der Waals surface area contributed by atoms with Crippen LogP contribution in [0.5, 0.6) is 0 Å². The lowest BCUT2D eigenvalue weighted by Crippen LogP contribution is -2.34. The maximum atomic E-state index is 3.61. The maximum Gasteiger partial charge on any atom is 0.0368 e. The van der Waals surface area contributed by atoms with E-state index in [1.54, 1.807) is 0 Å². The highest BCUT2D eigenvalue weighted by molar-refractivity contribution is 9.10. The Bertz CT molecular complexity index is 380. The molecular formula is C13H18BrNS.